The van der Waals surface area contributed by atoms with E-state index in [-0.39, 0.29) is 11.5 Å². The molecule has 1 aliphatic rings. The maximum atomic E-state index is 13.3. The first-order valence-electron chi connectivity index (χ1n) is 5.51. The summed E-state index contributed by atoms with van der Waals surface area (Å²) in [7, 11) is 0. The van der Waals surface area contributed by atoms with Gasteiger partial charge in [0.25, 0.3) is 0 Å². The number of benzene rings is 1. The van der Waals surface area contributed by atoms with Gasteiger partial charge in [0.1, 0.15) is 5.82 Å². The van der Waals surface area contributed by atoms with Crippen LogP contribution in [0.25, 0.3) is 0 Å². The van der Waals surface area contributed by atoms with Crippen LogP contribution in [-0.2, 0) is 0 Å². The number of rotatable bonds is 2. The largest absolute Gasteiger partial charge is 0.395 e. The average molecular weight is 208 g/mol. The van der Waals surface area contributed by atoms with E-state index in [9.17, 15) is 4.39 Å². The van der Waals surface area contributed by atoms with Crippen LogP contribution in [0.15, 0.2) is 18.2 Å². The van der Waals surface area contributed by atoms with E-state index >= 15 is 0 Å². The monoisotopic (exact) mass is 208 g/mol. The summed E-state index contributed by atoms with van der Waals surface area (Å²) in [5.74, 6) is 0.417. The Kier molecular flexibility index (Phi) is 2.80. The van der Waals surface area contributed by atoms with Crippen molar-refractivity contribution in [2.75, 3.05) is 23.7 Å². The van der Waals surface area contributed by atoms with Crippen LogP contribution in [-0.4, -0.2) is 13.1 Å². The first kappa shape index (κ1) is 10.3. The van der Waals surface area contributed by atoms with Crippen LogP contribution in [0.3, 0.4) is 0 Å². The molecule has 0 spiro atoms. The smallest absolute Gasteiger partial charge is 0.148 e. The van der Waals surface area contributed by atoms with Gasteiger partial charge in [-0.15, -0.1) is 0 Å². The van der Waals surface area contributed by atoms with Gasteiger partial charge in [-0.05, 0) is 24.5 Å². The number of nitrogens with zero attached hydrogens (tertiary/aromatic N) is 1. The van der Waals surface area contributed by atoms with E-state index < -0.39 is 0 Å². The van der Waals surface area contributed by atoms with Crippen molar-refractivity contribution in [3.63, 3.8) is 0 Å². The van der Waals surface area contributed by atoms with E-state index in [4.69, 9.17) is 5.73 Å². The third-order valence-corrected chi connectivity index (χ3v) is 3.23. The molecule has 0 amide bonds. The number of hydrogen-bond acceptors (Lipinski definition) is 2. The molecule has 2 nitrogen and oxygen atoms in total. The zero-order valence-corrected chi connectivity index (χ0v) is 9.04. The van der Waals surface area contributed by atoms with Crippen LogP contribution in [0, 0.1) is 11.7 Å². The topological polar surface area (TPSA) is 29.3 Å². The van der Waals surface area contributed by atoms with Crippen LogP contribution >= 0.6 is 0 Å². The van der Waals surface area contributed by atoms with E-state index in [1.807, 2.05) is 6.07 Å². The molecular formula is C12H17FN2. The van der Waals surface area contributed by atoms with Crippen molar-refractivity contribution in [2.24, 2.45) is 5.92 Å². The number of anilines is 2. The minimum atomic E-state index is -0.313. The van der Waals surface area contributed by atoms with Crippen molar-refractivity contribution < 1.29 is 4.39 Å². The number of nitrogens with two attached hydrogens (primary N) is 1. The lowest BCUT2D eigenvalue weighted by Crippen LogP contribution is -2.21. The quantitative estimate of drug-likeness (QED) is 0.757. The van der Waals surface area contributed by atoms with Crippen LogP contribution in [0.2, 0.25) is 0 Å². The molecule has 1 aromatic carbocycles. The Hall–Kier alpha value is -1.25. The van der Waals surface area contributed by atoms with Gasteiger partial charge in [-0.1, -0.05) is 19.4 Å². The lowest BCUT2D eigenvalue weighted by atomic mass is 10.1. The first-order chi connectivity index (χ1) is 7.22. The molecule has 1 aromatic rings. The molecule has 1 unspecified atom stereocenters. The van der Waals surface area contributed by atoms with Gasteiger partial charge in [0, 0.05) is 13.1 Å². The molecular weight excluding hydrogens is 191 g/mol. The van der Waals surface area contributed by atoms with Crippen molar-refractivity contribution in [1.29, 1.82) is 0 Å². The highest BCUT2D eigenvalue weighted by molar-refractivity contribution is 5.68. The Bertz CT molecular complexity index is 351. The Morgan fingerprint density at radius 3 is 3.00 bits per heavy atom. The molecule has 1 atom stereocenters. The van der Waals surface area contributed by atoms with Crippen molar-refractivity contribution >= 4 is 11.4 Å². The van der Waals surface area contributed by atoms with Gasteiger partial charge in [0.15, 0.2) is 0 Å². The fourth-order valence-electron chi connectivity index (χ4n) is 2.19. The molecule has 2 rings (SSSR count). The van der Waals surface area contributed by atoms with Crippen molar-refractivity contribution in [3.8, 4) is 0 Å². The second-order valence-electron chi connectivity index (χ2n) is 4.18. The molecule has 0 aromatic heterocycles. The zero-order valence-electron chi connectivity index (χ0n) is 9.04. The van der Waals surface area contributed by atoms with E-state index in [0.29, 0.717) is 0 Å². The molecule has 82 valence electrons. The Morgan fingerprint density at radius 1 is 1.53 bits per heavy atom. The van der Waals surface area contributed by atoms with Gasteiger partial charge in [-0.2, -0.15) is 0 Å². The summed E-state index contributed by atoms with van der Waals surface area (Å²) in [5.41, 5.74) is 6.87. The molecule has 1 fully saturated rings. The lowest BCUT2D eigenvalue weighted by molar-refractivity contribution is 0.569. The van der Waals surface area contributed by atoms with Gasteiger partial charge < -0.3 is 10.6 Å². The highest BCUT2D eigenvalue weighted by Gasteiger charge is 2.22. The summed E-state index contributed by atoms with van der Waals surface area (Å²) in [6.07, 6.45) is 2.37. The maximum absolute atomic E-state index is 13.3. The standard InChI is InChI=1S/C12H17FN2/c1-2-9-6-7-15(8-9)11-5-3-4-10(13)12(11)14/h3-5,9H,2,6-8,14H2,1H3. The molecule has 1 saturated heterocycles. The summed E-state index contributed by atoms with van der Waals surface area (Å²) in [5, 5.41) is 0. The number of halogens is 1. The average Bonchev–Trinajstić information content (AvgIpc) is 2.70. The van der Waals surface area contributed by atoms with E-state index in [0.717, 1.165) is 24.7 Å². The fraction of sp³-hybridized carbons (Fsp3) is 0.500. The molecule has 0 aliphatic carbocycles. The highest BCUT2D eigenvalue weighted by atomic mass is 19.1. The second-order valence-corrected chi connectivity index (χ2v) is 4.18. The Balaban J connectivity index is 2.20. The lowest BCUT2D eigenvalue weighted by Gasteiger charge is -2.20. The summed E-state index contributed by atoms with van der Waals surface area (Å²) >= 11 is 0. The number of para-hydroxylation sites is 1. The zero-order chi connectivity index (χ0) is 10.8. The van der Waals surface area contributed by atoms with E-state index in [1.165, 1.54) is 18.9 Å². The second kappa shape index (κ2) is 4.09. The third-order valence-electron chi connectivity index (χ3n) is 3.23. The van der Waals surface area contributed by atoms with Crippen molar-refractivity contribution in [3.05, 3.63) is 24.0 Å². The Morgan fingerprint density at radius 2 is 2.33 bits per heavy atom. The van der Waals surface area contributed by atoms with Crippen LogP contribution in [0.1, 0.15) is 19.8 Å². The van der Waals surface area contributed by atoms with Gasteiger partial charge in [-0.25, -0.2) is 4.39 Å². The minimum absolute atomic E-state index is 0.286. The van der Waals surface area contributed by atoms with Crippen LogP contribution in [0.5, 0.6) is 0 Å². The van der Waals surface area contributed by atoms with Crippen LogP contribution in [0.4, 0.5) is 15.8 Å². The Labute approximate surface area is 89.9 Å². The molecule has 1 heterocycles. The SMILES string of the molecule is CCC1CCN(c2cccc(F)c2N)C1. The molecule has 3 heteroatoms. The van der Waals surface area contributed by atoms with Crippen LogP contribution < -0.4 is 10.6 Å². The summed E-state index contributed by atoms with van der Waals surface area (Å²) < 4.78 is 13.3. The third kappa shape index (κ3) is 1.91. The van der Waals surface area contributed by atoms with Gasteiger partial charge in [-0.3, -0.25) is 0 Å². The minimum Gasteiger partial charge on any atom is -0.395 e. The summed E-state index contributed by atoms with van der Waals surface area (Å²) in [6, 6.07) is 5.03. The molecule has 0 saturated carbocycles. The number of nitrogen functional groups attached to an aromatic ring is 1. The molecule has 1 aliphatic heterocycles. The molecule has 0 bridgehead atoms. The van der Waals surface area contributed by atoms with Crippen molar-refractivity contribution in [1.82, 2.24) is 0 Å². The fourth-order valence-corrected chi connectivity index (χ4v) is 2.19. The maximum Gasteiger partial charge on any atom is 0.148 e. The van der Waals surface area contributed by atoms with Gasteiger partial charge >= 0.3 is 0 Å². The van der Waals surface area contributed by atoms with Crippen molar-refractivity contribution in [2.45, 2.75) is 19.8 Å². The highest BCUT2D eigenvalue weighted by Crippen LogP contribution is 2.31. The summed E-state index contributed by atoms with van der Waals surface area (Å²) in [4.78, 5) is 2.19. The van der Waals surface area contributed by atoms with Gasteiger partial charge in [0.2, 0.25) is 0 Å². The predicted octanol–water partition coefficient (Wildman–Crippen LogP) is 2.64. The first-order valence-corrected chi connectivity index (χ1v) is 5.51. The molecule has 0 radical (unpaired) electrons. The summed E-state index contributed by atoms with van der Waals surface area (Å²) in [6.45, 7) is 4.19. The normalized spacial score (nSPS) is 20.9. The molecule has 2 N–H and O–H groups in total. The predicted molar refractivity (Wildman–Crippen MR) is 61.4 cm³/mol. The molecule has 15 heavy (non-hydrogen) atoms. The van der Waals surface area contributed by atoms with Gasteiger partial charge in [0.05, 0.1) is 11.4 Å². The number of hydrogen-bond donors (Lipinski definition) is 1. The van der Waals surface area contributed by atoms with E-state index in [1.54, 1.807) is 6.07 Å². The van der Waals surface area contributed by atoms with E-state index in [2.05, 4.69) is 11.8 Å².